The van der Waals surface area contributed by atoms with Crippen LogP contribution >= 0.6 is 0 Å². The Balaban J connectivity index is 1.81. The van der Waals surface area contributed by atoms with Gasteiger partial charge in [-0.25, -0.2) is 0 Å². The predicted molar refractivity (Wildman–Crippen MR) is 146 cm³/mol. The molecule has 4 aromatic carbocycles. The molecule has 2 aliphatic carbocycles. The zero-order valence-corrected chi connectivity index (χ0v) is 20.7. The zero-order chi connectivity index (χ0) is 24.7. The van der Waals surface area contributed by atoms with E-state index in [0.717, 1.165) is 22.3 Å². The van der Waals surface area contributed by atoms with Crippen LogP contribution in [0.4, 0.5) is 0 Å². The van der Waals surface area contributed by atoms with Crippen molar-refractivity contribution in [3.63, 3.8) is 0 Å². The molecule has 0 heterocycles. The van der Waals surface area contributed by atoms with Crippen molar-refractivity contribution in [1.82, 2.24) is 0 Å². The largest absolute Gasteiger partial charge is 0.488 e. The molecular weight excluding hydrogens is 427 g/mol. The van der Waals surface area contributed by atoms with E-state index < -0.39 is 12.5 Å². The Labute approximate surface area is 207 Å². The van der Waals surface area contributed by atoms with E-state index in [1.165, 1.54) is 38.9 Å². The third kappa shape index (κ3) is 2.92. The van der Waals surface area contributed by atoms with Crippen molar-refractivity contribution in [3.05, 3.63) is 119 Å². The smallest absolute Gasteiger partial charge is 0.423 e. The van der Waals surface area contributed by atoms with Crippen molar-refractivity contribution < 1.29 is 10.0 Å². The predicted octanol–water partition coefficient (Wildman–Crippen LogP) is 6.04. The summed E-state index contributed by atoms with van der Waals surface area (Å²) in [6, 6.07) is 28.1. The number of benzene rings is 4. The quantitative estimate of drug-likeness (QED) is 0.312. The van der Waals surface area contributed by atoms with Gasteiger partial charge in [-0.2, -0.15) is 0 Å². The maximum atomic E-state index is 10.1. The maximum absolute atomic E-state index is 10.1. The second-order valence-corrected chi connectivity index (χ2v) is 11.0. The molecule has 1 unspecified atom stereocenters. The van der Waals surface area contributed by atoms with Crippen molar-refractivity contribution in [2.24, 2.45) is 0 Å². The Kier molecular flexibility index (Phi) is 4.61. The van der Waals surface area contributed by atoms with Crippen molar-refractivity contribution in [2.75, 3.05) is 0 Å². The number of hydrogen-bond donors (Lipinski definition) is 2. The highest BCUT2D eigenvalue weighted by atomic mass is 16.4. The molecular formula is C32H29BO2. The highest BCUT2D eigenvalue weighted by molar-refractivity contribution is 6.58. The van der Waals surface area contributed by atoms with Gasteiger partial charge in [0.05, 0.1) is 5.41 Å². The minimum Gasteiger partial charge on any atom is -0.423 e. The van der Waals surface area contributed by atoms with Gasteiger partial charge in [0.2, 0.25) is 0 Å². The molecule has 1 spiro atoms. The first kappa shape index (κ1) is 22.1. The van der Waals surface area contributed by atoms with Crippen molar-refractivity contribution in [3.8, 4) is 22.3 Å². The van der Waals surface area contributed by atoms with Gasteiger partial charge < -0.3 is 10.0 Å². The molecule has 4 aromatic rings. The van der Waals surface area contributed by atoms with Crippen molar-refractivity contribution in [1.29, 1.82) is 0 Å². The van der Waals surface area contributed by atoms with Crippen LogP contribution in [0.3, 0.4) is 0 Å². The summed E-state index contributed by atoms with van der Waals surface area (Å²) in [5.74, 6) is 0. The summed E-state index contributed by atoms with van der Waals surface area (Å²) in [5.41, 5.74) is 13.0. The minimum absolute atomic E-state index is 0.00203. The number of hydrogen-bond acceptors (Lipinski definition) is 2. The lowest BCUT2D eigenvalue weighted by atomic mass is 9.67. The average Bonchev–Trinajstić information content (AvgIpc) is 3.29. The van der Waals surface area contributed by atoms with E-state index in [-0.39, 0.29) is 5.41 Å². The van der Waals surface area contributed by atoms with Crippen LogP contribution in [0.15, 0.2) is 85.4 Å². The first-order chi connectivity index (χ1) is 16.6. The Bertz CT molecular complexity index is 1540. The lowest BCUT2D eigenvalue weighted by Gasteiger charge is -2.32. The molecule has 0 aromatic heterocycles. The average molecular weight is 456 g/mol. The fourth-order valence-electron chi connectivity index (χ4n) is 6.09. The Morgan fingerprint density at radius 3 is 1.94 bits per heavy atom. The van der Waals surface area contributed by atoms with Gasteiger partial charge >= 0.3 is 7.12 Å². The molecule has 3 heteroatoms. The Hall–Kier alpha value is -3.40. The normalized spacial score (nSPS) is 17.1. The first-order valence-electron chi connectivity index (χ1n) is 12.2. The van der Waals surface area contributed by atoms with Crippen LogP contribution in [0.2, 0.25) is 0 Å². The summed E-state index contributed by atoms with van der Waals surface area (Å²) < 4.78 is 0. The monoisotopic (exact) mass is 456 g/mol. The van der Waals surface area contributed by atoms with Gasteiger partial charge in [-0.1, -0.05) is 106 Å². The van der Waals surface area contributed by atoms with E-state index in [4.69, 9.17) is 0 Å². The van der Waals surface area contributed by atoms with Gasteiger partial charge in [0.15, 0.2) is 0 Å². The van der Waals surface area contributed by atoms with E-state index in [2.05, 4.69) is 88.0 Å². The van der Waals surface area contributed by atoms with Crippen LogP contribution < -0.4 is 5.46 Å². The summed E-state index contributed by atoms with van der Waals surface area (Å²) in [4.78, 5) is 0. The molecule has 0 saturated carbocycles. The fraction of sp³-hybridized carbons (Fsp3) is 0.188. The molecule has 0 fully saturated rings. The molecule has 0 bridgehead atoms. The van der Waals surface area contributed by atoms with Gasteiger partial charge in [-0.05, 0) is 79.5 Å². The van der Waals surface area contributed by atoms with Crippen LogP contribution in [0.5, 0.6) is 0 Å². The third-order valence-electron chi connectivity index (χ3n) is 7.86. The molecule has 172 valence electrons. The highest BCUT2D eigenvalue weighted by Gasteiger charge is 2.52. The van der Waals surface area contributed by atoms with Crippen LogP contribution in [0.1, 0.15) is 61.1 Å². The minimum atomic E-state index is -1.52. The van der Waals surface area contributed by atoms with Crippen LogP contribution in [0, 0.1) is 0 Å². The molecule has 0 aliphatic heterocycles. The SMILES string of the molecule is C=C(C)c1ccc2c(c1)C1(c3ccccc3-c3ccc(B(O)O)cc31)c1cc(C(C)(C)C)ccc1-2. The Morgan fingerprint density at radius 1 is 0.714 bits per heavy atom. The van der Waals surface area contributed by atoms with Gasteiger partial charge in [0, 0.05) is 0 Å². The molecule has 2 nitrogen and oxygen atoms in total. The standard InChI is InChI=1S/C32H29BO2/c1-19(2)20-10-13-24-25-14-11-21(31(3,4)5)17-29(25)32(28(24)16-20)27-9-7-6-8-23(27)26-15-12-22(33(34)35)18-30(26)32/h6-18,34-35H,1H2,2-5H3. The lowest BCUT2D eigenvalue weighted by molar-refractivity contribution is 0.425. The van der Waals surface area contributed by atoms with E-state index in [1.54, 1.807) is 0 Å². The highest BCUT2D eigenvalue weighted by Crippen LogP contribution is 2.63. The second kappa shape index (κ2) is 7.30. The summed E-state index contributed by atoms with van der Waals surface area (Å²) in [5, 5.41) is 20.2. The van der Waals surface area contributed by atoms with Gasteiger partial charge in [0.25, 0.3) is 0 Å². The summed E-state index contributed by atoms with van der Waals surface area (Å²) in [7, 11) is -1.52. The van der Waals surface area contributed by atoms with Gasteiger partial charge in [-0.15, -0.1) is 0 Å². The maximum Gasteiger partial charge on any atom is 0.488 e. The van der Waals surface area contributed by atoms with Gasteiger partial charge in [0.1, 0.15) is 0 Å². The topological polar surface area (TPSA) is 40.5 Å². The first-order valence-corrected chi connectivity index (χ1v) is 12.2. The molecule has 2 aliphatic rings. The fourth-order valence-corrected chi connectivity index (χ4v) is 6.09. The summed E-state index contributed by atoms with van der Waals surface area (Å²) in [6.07, 6.45) is 0. The molecule has 1 atom stereocenters. The number of rotatable bonds is 2. The van der Waals surface area contributed by atoms with Crippen LogP contribution in [-0.2, 0) is 10.8 Å². The Morgan fingerprint density at radius 2 is 1.29 bits per heavy atom. The summed E-state index contributed by atoms with van der Waals surface area (Å²) in [6.45, 7) is 13.0. The van der Waals surface area contributed by atoms with Crippen LogP contribution in [-0.4, -0.2) is 17.2 Å². The van der Waals surface area contributed by atoms with Crippen molar-refractivity contribution in [2.45, 2.75) is 38.5 Å². The molecule has 2 N–H and O–H groups in total. The molecule has 0 saturated heterocycles. The zero-order valence-electron chi connectivity index (χ0n) is 20.7. The van der Waals surface area contributed by atoms with Crippen LogP contribution in [0.25, 0.3) is 27.8 Å². The summed E-state index contributed by atoms with van der Waals surface area (Å²) >= 11 is 0. The van der Waals surface area contributed by atoms with E-state index in [9.17, 15) is 10.0 Å². The third-order valence-corrected chi connectivity index (χ3v) is 7.86. The van der Waals surface area contributed by atoms with E-state index in [0.29, 0.717) is 5.46 Å². The molecule has 6 rings (SSSR count). The van der Waals surface area contributed by atoms with E-state index >= 15 is 0 Å². The molecule has 35 heavy (non-hydrogen) atoms. The molecule has 0 amide bonds. The van der Waals surface area contributed by atoms with E-state index in [1.807, 2.05) is 25.1 Å². The number of allylic oxidation sites excluding steroid dienone is 1. The number of fused-ring (bicyclic) bond motifs is 10. The van der Waals surface area contributed by atoms with Gasteiger partial charge in [-0.3, -0.25) is 0 Å². The second-order valence-electron chi connectivity index (χ2n) is 11.0. The molecule has 0 radical (unpaired) electrons. The lowest BCUT2D eigenvalue weighted by Crippen LogP contribution is -2.33. The van der Waals surface area contributed by atoms with Crippen molar-refractivity contribution >= 4 is 18.2 Å².